The minimum Gasteiger partial charge on any atom is -0.467 e. The highest BCUT2D eigenvalue weighted by Crippen LogP contribution is 2.55. The molecular formula is C15H21NO2. The third kappa shape index (κ3) is 2.09. The van der Waals surface area contributed by atoms with Crippen molar-refractivity contribution >= 4 is 11.7 Å². The molecule has 0 amide bonds. The summed E-state index contributed by atoms with van der Waals surface area (Å²) < 4.78 is 4.98. The second-order valence-corrected chi connectivity index (χ2v) is 5.67. The summed E-state index contributed by atoms with van der Waals surface area (Å²) in [4.78, 5) is 12.1. The van der Waals surface area contributed by atoms with Crippen LogP contribution in [0.3, 0.4) is 0 Å². The lowest BCUT2D eigenvalue weighted by molar-refractivity contribution is -0.147. The van der Waals surface area contributed by atoms with E-state index in [2.05, 4.69) is 12.2 Å². The summed E-state index contributed by atoms with van der Waals surface area (Å²) in [6.45, 7) is 6.11. The average molecular weight is 247 g/mol. The Hall–Kier alpha value is -1.51. The SMILES string of the molecule is COC(=O)C(C)(Nc1cccc(C)c1)C1(C)CC1. The van der Waals surface area contributed by atoms with Gasteiger partial charge in [-0.1, -0.05) is 19.1 Å². The molecular weight excluding hydrogens is 226 g/mol. The van der Waals surface area contributed by atoms with Gasteiger partial charge < -0.3 is 10.1 Å². The summed E-state index contributed by atoms with van der Waals surface area (Å²) in [7, 11) is 1.45. The van der Waals surface area contributed by atoms with E-state index in [0.717, 1.165) is 18.5 Å². The fourth-order valence-electron chi connectivity index (χ4n) is 2.35. The van der Waals surface area contributed by atoms with E-state index in [1.807, 2.05) is 38.1 Å². The van der Waals surface area contributed by atoms with Gasteiger partial charge in [0.25, 0.3) is 0 Å². The first kappa shape index (κ1) is 12.9. The Labute approximate surface area is 109 Å². The van der Waals surface area contributed by atoms with Crippen LogP contribution in [0.4, 0.5) is 5.69 Å². The van der Waals surface area contributed by atoms with Crippen molar-refractivity contribution in [1.29, 1.82) is 0 Å². The van der Waals surface area contributed by atoms with E-state index < -0.39 is 5.54 Å². The van der Waals surface area contributed by atoms with Crippen LogP contribution in [-0.4, -0.2) is 18.6 Å². The van der Waals surface area contributed by atoms with Crippen molar-refractivity contribution in [2.75, 3.05) is 12.4 Å². The molecule has 0 heterocycles. The Morgan fingerprint density at radius 3 is 2.61 bits per heavy atom. The minimum atomic E-state index is -0.657. The van der Waals surface area contributed by atoms with Crippen molar-refractivity contribution in [2.24, 2.45) is 5.41 Å². The molecule has 0 spiro atoms. The summed E-state index contributed by atoms with van der Waals surface area (Å²) >= 11 is 0. The van der Waals surface area contributed by atoms with Crippen LogP contribution < -0.4 is 5.32 Å². The van der Waals surface area contributed by atoms with E-state index in [1.165, 1.54) is 12.7 Å². The summed E-state index contributed by atoms with van der Waals surface area (Å²) in [5, 5.41) is 3.37. The maximum atomic E-state index is 12.1. The van der Waals surface area contributed by atoms with Gasteiger partial charge in [-0.3, -0.25) is 0 Å². The highest BCUT2D eigenvalue weighted by atomic mass is 16.5. The van der Waals surface area contributed by atoms with E-state index in [-0.39, 0.29) is 11.4 Å². The van der Waals surface area contributed by atoms with Gasteiger partial charge in [0.05, 0.1) is 7.11 Å². The number of esters is 1. The second-order valence-electron chi connectivity index (χ2n) is 5.67. The molecule has 1 fully saturated rings. The maximum absolute atomic E-state index is 12.1. The molecule has 1 aromatic carbocycles. The fraction of sp³-hybridized carbons (Fsp3) is 0.533. The predicted molar refractivity (Wildman–Crippen MR) is 72.6 cm³/mol. The van der Waals surface area contributed by atoms with E-state index in [0.29, 0.717) is 0 Å². The quantitative estimate of drug-likeness (QED) is 0.831. The normalized spacial score (nSPS) is 19.8. The van der Waals surface area contributed by atoms with Crippen molar-refractivity contribution < 1.29 is 9.53 Å². The molecule has 1 saturated carbocycles. The molecule has 0 bridgehead atoms. The summed E-state index contributed by atoms with van der Waals surface area (Å²) in [5.41, 5.74) is 1.48. The van der Waals surface area contributed by atoms with Crippen molar-refractivity contribution in [1.82, 2.24) is 0 Å². The lowest BCUT2D eigenvalue weighted by atomic mass is 9.83. The maximum Gasteiger partial charge on any atom is 0.331 e. The Balaban J connectivity index is 2.29. The first-order chi connectivity index (χ1) is 8.41. The Kier molecular flexibility index (Phi) is 3.09. The van der Waals surface area contributed by atoms with Crippen LogP contribution in [0, 0.1) is 12.3 Å². The molecule has 1 aromatic rings. The van der Waals surface area contributed by atoms with Gasteiger partial charge in [-0.2, -0.15) is 0 Å². The van der Waals surface area contributed by atoms with Gasteiger partial charge in [-0.25, -0.2) is 4.79 Å². The molecule has 0 aliphatic heterocycles. The van der Waals surface area contributed by atoms with Crippen molar-refractivity contribution in [3.05, 3.63) is 29.8 Å². The number of aryl methyl sites for hydroxylation is 1. The van der Waals surface area contributed by atoms with E-state index in [9.17, 15) is 4.79 Å². The molecule has 1 aliphatic rings. The number of hydrogen-bond acceptors (Lipinski definition) is 3. The standard InChI is InChI=1S/C15H21NO2/c1-11-6-5-7-12(10-11)16-15(3,13(17)18-4)14(2)8-9-14/h5-7,10,16H,8-9H2,1-4H3. The topological polar surface area (TPSA) is 38.3 Å². The van der Waals surface area contributed by atoms with Crippen LogP contribution in [0.2, 0.25) is 0 Å². The van der Waals surface area contributed by atoms with Crippen LogP contribution in [0.1, 0.15) is 32.3 Å². The van der Waals surface area contributed by atoms with E-state index >= 15 is 0 Å². The number of ether oxygens (including phenoxy) is 1. The average Bonchev–Trinajstić information content (AvgIpc) is 3.07. The molecule has 1 atom stereocenters. The number of nitrogens with one attached hydrogen (secondary N) is 1. The van der Waals surface area contributed by atoms with Crippen molar-refractivity contribution in [2.45, 2.75) is 39.2 Å². The van der Waals surface area contributed by atoms with Crippen LogP contribution in [-0.2, 0) is 9.53 Å². The lowest BCUT2D eigenvalue weighted by Crippen LogP contribution is -2.51. The first-order valence-corrected chi connectivity index (χ1v) is 6.34. The van der Waals surface area contributed by atoms with Gasteiger partial charge in [0.15, 0.2) is 0 Å². The second kappa shape index (κ2) is 4.30. The molecule has 1 unspecified atom stereocenters. The molecule has 98 valence electrons. The zero-order chi connectivity index (χ0) is 13.4. The largest absolute Gasteiger partial charge is 0.467 e. The number of methoxy groups -OCH3 is 1. The molecule has 3 nitrogen and oxygen atoms in total. The molecule has 1 aliphatic carbocycles. The third-order valence-corrected chi connectivity index (χ3v) is 4.21. The van der Waals surface area contributed by atoms with Gasteiger partial charge >= 0.3 is 5.97 Å². The monoisotopic (exact) mass is 247 g/mol. The van der Waals surface area contributed by atoms with Gasteiger partial charge in [0, 0.05) is 11.1 Å². The smallest absolute Gasteiger partial charge is 0.331 e. The zero-order valence-electron chi connectivity index (χ0n) is 11.5. The van der Waals surface area contributed by atoms with Crippen LogP contribution >= 0.6 is 0 Å². The van der Waals surface area contributed by atoms with Gasteiger partial charge in [0.1, 0.15) is 5.54 Å². The van der Waals surface area contributed by atoms with Crippen LogP contribution in [0.5, 0.6) is 0 Å². The van der Waals surface area contributed by atoms with E-state index in [1.54, 1.807) is 0 Å². The Morgan fingerprint density at radius 2 is 2.11 bits per heavy atom. The first-order valence-electron chi connectivity index (χ1n) is 6.34. The number of anilines is 1. The Bertz CT molecular complexity index is 465. The number of benzene rings is 1. The van der Waals surface area contributed by atoms with Crippen LogP contribution in [0.15, 0.2) is 24.3 Å². The zero-order valence-corrected chi connectivity index (χ0v) is 11.5. The Morgan fingerprint density at radius 1 is 1.44 bits per heavy atom. The molecule has 3 heteroatoms. The predicted octanol–water partition coefficient (Wildman–Crippen LogP) is 3.14. The molecule has 0 saturated heterocycles. The molecule has 2 rings (SSSR count). The van der Waals surface area contributed by atoms with Crippen molar-refractivity contribution in [3.8, 4) is 0 Å². The number of carbonyl (C=O) groups is 1. The highest BCUT2D eigenvalue weighted by Gasteiger charge is 2.58. The highest BCUT2D eigenvalue weighted by molar-refractivity contribution is 5.86. The number of rotatable bonds is 4. The molecule has 0 radical (unpaired) electrons. The van der Waals surface area contributed by atoms with Gasteiger partial charge in [0.2, 0.25) is 0 Å². The van der Waals surface area contributed by atoms with Gasteiger partial charge in [-0.15, -0.1) is 0 Å². The number of carbonyl (C=O) groups excluding carboxylic acids is 1. The lowest BCUT2D eigenvalue weighted by Gasteiger charge is -2.35. The molecule has 0 aromatic heterocycles. The molecule has 18 heavy (non-hydrogen) atoms. The van der Waals surface area contributed by atoms with E-state index in [4.69, 9.17) is 4.74 Å². The molecule has 1 N–H and O–H groups in total. The summed E-state index contributed by atoms with van der Waals surface area (Å²) in [6.07, 6.45) is 2.11. The summed E-state index contributed by atoms with van der Waals surface area (Å²) in [6, 6.07) is 8.07. The third-order valence-electron chi connectivity index (χ3n) is 4.21. The number of hydrogen-bond donors (Lipinski definition) is 1. The van der Waals surface area contributed by atoms with Gasteiger partial charge in [-0.05, 0) is 44.4 Å². The summed E-state index contributed by atoms with van der Waals surface area (Å²) in [5.74, 6) is -0.191. The van der Waals surface area contributed by atoms with Crippen molar-refractivity contribution in [3.63, 3.8) is 0 Å². The fourth-order valence-corrected chi connectivity index (χ4v) is 2.35. The van der Waals surface area contributed by atoms with Crippen LogP contribution in [0.25, 0.3) is 0 Å². The minimum absolute atomic E-state index is 0.0101.